The third kappa shape index (κ3) is 4.60. The number of aromatic nitrogens is 1. The first-order chi connectivity index (χ1) is 17.0. The van der Waals surface area contributed by atoms with Crippen LogP contribution in [-0.4, -0.2) is 65.5 Å². The topological polar surface area (TPSA) is 131 Å². The molecule has 1 fully saturated rings. The maximum atomic E-state index is 12.6. The lowest BCUT2D eigenvalue weighted by Gasteiger charge is -2.30. The van der Waals surface area contributed by atoms with Crippen LogP contribution in [0.25, 0.3) is 11.1 Å². The fourth-order valence-electron chi connectivity index (χ4n) is 4.45. The summed E-state index contributed by atoms with van der Waals surface area (Å²) in [7, 11) is 0. The number of hydrogen-bond donors (Lipinski definition) is 2. The summed E-state index contributed by atoms with van der Waals surface area (Å²) in [6, 6.07) is 17.6. The van der Waals surface area contributed by atoms with Crippen LogP contribution in [0.15, 0.2) is 59.1 Å². The number of carboxylic acid groups (broad SMARTS) is 1. The molecule has 1 aliphatic carbocycles. The van der Waals surface area contributed by atoms with Crippen molar-refractivity contribution in [2.24, 2.45) is 0 Å². The summed E-state index contributed by atoms with van der Waals surface area (Å²) in [6.07, 6.45) is -1.69. The van der Waals surface area contributed by atoms with Gasteiger partial charge in [-0.1, -0.05) is 53.7 Å². The van der Waals surface area contributed by atoms with Crippen LogP contribution in [0.4, 0.5) is 4.79 Å². The molecule has 2 N–H and O–H groups in total. The van der Waals surface area contributed by atoms with Gasteiger partial charge in [0.25, 0.3) is 5.91 Å². The summed E-state index contributed by atoms with van der Waals surface area (Å²) in [5.74, 6) is -1.37. The fraction of sp³-hybridized carbons (Fsp3) is 0.280. The Morgan fingerprint density at radius 3 is 2.46 bits per heavy atom. The third-order valence-electron chi connectivity index (χ3n) is 6.16. The Morgan fingerprint density at radius 2 is 1.77 bits per heavy atom. The van der Waals surface area contributed by atoms with Crippen molar-refractivity contribution in [3.05, 3.63) is 77.2 Å². The molecule has 3 aromatic rings. The number of aliphatic carboxylic acids is 1. The number of rotatable bonds is 6. The van der Waals surface area contributed by atoms with Gasteiger partial charge >= 0.3 is 12.1 Å². The standard InChI is InChI=1S/C25H23N3O7/c29-23(28-9-10-33-22(13-28)24(30)31)21-11-15(35-27-21)12-26-25(32)34-14-20-18-7-3-1-5-16(18)17-6-2-4-8-19(17)20/h1-8,11,20,22H,9-10,12-14H2,(H,26,32)(H,30,31). The second kappa shape index (κ2) is 9.59. The summed E-state index contributed by atoms with van der Waals surface area (Å²) in [5, 5.41) is 15.5. The second-order valence-corrected chi connectivity index (χ2v) is 8.31. The molecule has 5 rings (SSSR count). The Hall–Kier alpha value is -4.18. The van der Waals surface area contributed by atoms with Crippen LogP contribution < -0.4 is 5.32 Å². The average Bonchev–Trinajstić information content (AvgIpc) is 3.49. The maximum absolute atomic E-state index is 12.6. The predicted octanol–water partition coefficient (Wildman–Crippen LogP) is 2.64. The summed E-state index contributed by atoms with van der Waals surface area (Å²) >= 11 is 0. The molecule has 2 heterocycles. The van der Waals surface area contributed by atoms with Crippen LogP contribution in [-0.2, 0) is 20.8 Å². The smallest absolute Gasteiger partial charge is 0.407 e. The SMILES string of the molecule is O=C(NCc1cc(C(=O)N2CCOC(C(=O)O)C2)no1)OCC1c2ccccc2-c2ccccc21. The van der Waals surface area contributed by atoms with E-state index in [9.17, 15) is 14.4 Å². The quantitative estimate of drug-likeness (QED) is 0.554. The normalized spacial score (nSPS) is 16.9. The fourth-order valence-corrected chi connectivity index (χ4v) is 4.45. The first kappa shape index (κ1) is 22.6. The van der Waals surface area contributed by atoms with Crippen molar-refractivity contribution in [3.63, 3.8) is 0 Å². The molecular weight excluding hydrogens is 454 g/mol. The van der Waals surface area contributed by atoms with Crippen LogP contribution in [0.1, 0.15) is 33.3 Å². The Kier molecular flexibility index (Phi) is 6.19. The molecular formula is C25H23N3O7. The minimum Gasteiger partial charge on any atom is -0.479 e. The Morgan fingerprint density at radius 1 is 1.09 bits per heavy atom. The second-order valence-electron chi connectivity index (χ2n) is 8.31. The molecule has 2 aromatic carbocycles. The highest BCUT2D eigenvalue weighted by Crippen LogP contribution is 2.44. The number of morpholine rings is 1. The van der Waals surface area contributed by atoms with E-state index in [0.717, 1.165) is 22.3 Å². The summed E-state index contributed by atoms with van der Waals surface area (Å²) in [5.41, 5.74) is 4.55. The molecule has 1 aliphatic heterocycles. The molecule has 0 radical (unpaired) electrons. The number of ether oxygens (including phenoxy) is 2. The predicted molar refractivity (Wildman–Crippen MR) is 122 cm³/mol. The van der Waals surface area contributed by atoms with E-state index in [0.29, 0.717) is 0 Å². The Labute approximate surface area is 200 Å². The van der Waals surface area contributed by atoms with Crippen LogP contribution >= 0.6 is 0 Å². The van der Waals surface area contributed by atoms with Crippen molar-refractivity contribution in [2.75, 3.05) is 26.3 Å². The largest absolute Gasteiger partial charge is 0.479 e. The lowest BCUT2D eigenvalue weighted by molar-refractivity contribution is -0.154. The van der Waals surface area contributed by atoms with E-state index in [-0.39, 0.29) is 50.2 Å². The average molecular weight is 477 g/mol. The molecule has 35 heavy (non-hydrogen) atoms. The zero-order chi connectivity index (χ0) is 24.4. The molecule has 0 saturated carbocycles. The minimum atomic E-state index is -1.13. The van der Waals surface area contributed by atoms with Crippen molar-refractivity contribution in [2.45, 2.75) is 18.6 Å². The number of benzene rings is 2. The molecule has 0 bridgehead atoms. The number of nitrogens with zero attached hydrogens (tertiary/aromatic N) is 2. The first-order valence-electron chi connectivity index (χ1n) is 11.2. The van der Waals surface area contributed by atoms with Gasteiger partial charge in [-0.3, -0.25) is 4.79 Å². The van der Waals surface area contributed by atoms with Gasteiger partial charge < -0.3 is 29.3 Å². The zero-order valence-corrected chi connectivity index (χ0v) is 18.7. The van der Waals surface area contributed by atoms with Gasteiger partial charge in [-0.05, 0) is 22.3 Å². The molecule has 2 aliphatic rings. The monoisotopic (exact) mass is 477 g/mol. The van der Waals surface area contributed by atoms with Gasteiger partial charge in [-0.2, -0.15) is 0 Å². The van der Waals surface area contributed by atoms with E-state index >= 15 is 0 Å². The van der Waals surface area contributed by atoms with Crippen molar-refractivity contribution < 1.29 is 33.5 Å². The molecule has 1 aromatic heterocycles. The number of hydrogen-bond acceptors (Lipinski definition) is 7. The van der Waals surface area contributed by atoms with E-state index < -0.39 is 24.1 Å². The minimum absolute atomic E-state index is 0.0161. The number of fused-ring (bicyclic) bond motifs is 3. The lowest BCUT2D eigenvalue weighted by Crippen LogP contribution is -2.48. The molecule has 1 saturated heterocycles. The van der Waals surface area contributed by atoms with Crippen LogP contribution in [0.3, 0.4) is 0 Å². The molecule has 1 atom stereocenters. The van der Waals surface area contributed by atoms with E-state index in [1.807, 2.05) is 36.4 Å². The number of carbonyl (C=O) groups is 3. The molecule has 0 spiro atoms. The number of carboxylic acids is 1. The van der Waals surface area contributed by atoms with Gasteiger partial charge in [0, 0.05) is 18.5 Å². The van der Waals surface area contributed by atoms with Crippen molar-refractivity contribution in [1.29, 1.82) is 0 Å². The van der Waals surface area contributed by atoms with E-state index in [2.05, 4.69) is 22.6 Å². The highest BCUT2D eigenvalue weighted by atomic mass is 16.5. The van der Waals surface area contributed by atoms with Gasteiger partial charge in [0.2, 0.25) is 0 Å². The highest BCUT2D eigenvalue weighted by Gasteiger charge is 2.31. The Bertz CT molecular complexity index is 1230. The van der Waals surface area contributed by atoms with E-state index in [1.54, 1.807) is 0 Å². The van der Waals surface area contributed by atoms with Gasteiger partial charge in [0.15, 0.2) is 17.6 Å². The van der Waals surface area contributed by atoms with Crippen molar-refractivity contribution in [3.8, 4) is 11.1 Å². The highest BCUT2D eigenvalue weighted by molar-refractivity contribution is 5.92. The van der Waals surface area contributed by atoms with Crippen LogP contribution in [0.2, 0.25) is 0 Å². The van der Waals surface area contributed by atoms with Gasteiger partial charge in [-0.15, -0.1) is 0 Å². The molecule has 180 valence electrons. The summed E-state index contributed by atoms with van der Waals surface area (Å²) < 4.78 is 15.8. The molecule has 1 unspecified atom stereocenters. The molecule has 2 amide bonds. The van der Waals surface area contributed by atoms with Gasteiger partial charge in [0.05, 0.1) is 19.7 Å². The molecule has 10 heteroatoms. The molecule has 10 nitrogen and oxygen atoms in total. The van der Waals surface area contributed by atoms with Crippen molar-refractivity contribution in [1.82, 2.24) is 15.4 Å². The maximum Gasteiger partial charge on any atom is 0.407 e. The van der Waals surface area contributed by atoms with Crippen molar-refractivity contribution >= 4 is 18.0 Å². The van der Waals surface area contributed by atoms with E-state index in [1.165, 1.54) is 11.0 Å². The number of amides is 2. The van der Waals surface area contributed by atoms with Gasteiger partial charge in [0.1, 0.15) is 6.61 Å². The zero-order valence-electron chi connectivity index (χ0n) is 18.7. The Balaban J connectivity index is 1.15. The van der Waals surface area contributed by atoms with Gasteiger partial charge in [-0.25, -0.2) is 9.59 Å². The van der Waals surface area contributed by atoms with Crippen LogP contribution in [0, 0.1) is 0 Å². The number of nitrogens with one attached hydrogen (secondary N) is 1. The lowest BCUT2D eigenvalue weighted by atomic mass is 9.98. The number of alkyl carbamates (subject to hydrolysis) is 1. The summed E-state index contributed by atoms with van der Waals surface area (Å²) in [6.45, 7) is 0.466. The van der Waals surface area contributed by atoms with Crippen LogP contribution in [0.5, 0.6) is 0 Å². The first-order valence-corrected chi connectivity index (χ1v) is 11.2. The summed E-state index contributed by atoms with van der Waals surface area (Å²) in [4.78, 5) is 37.4. The van der Waals surface area contributed by atoms with E-state index in [4.69, 9.17) is 19.1 Å². The number of carbonyl (C=O) groups excluding carboxylic acids is 2. The third-order valence-corrected chi connectivity index (χ3v) is 6.16.